The van der Waals surface area contributed by atoms with Gasteiger partial charge >= 0.3 is 0 Å². The zero-order valence-electron chi connectivity index (χ0n) is 9.08. The van der Waals surface area contributed by atoms with E-state index in [1.165, 1.54) is 25.9 Å². The van der Waals surface area contributed by atoms with Gasteiger partial charge < -0.3 is 10.4 Å². The zero-order chi connectivity index (χ0) is 9.97. The average molecular weight is 198 g/mol. The molecule has 2 fully saturated rings. The highest BCUT2D eigenvalue weighted by molar-refractivity contribution is 4.85. The molecule has 14 heavy (non-hydrogen) atoms. The third kappa shape index (κ3) is 2.27. The molecule has 2 aliphatic heterocycles. The summed E-state index contributed by atoms with van der Waals surface area (Å²) in [5.41, 5.74) is 0. The first-order valence-corrected chi connectivity index (χ1v) is 5.90. The number of nitrogens with zero attached hydrogens (tertiary/aromatic N) is 1. The highest BCUT2D eigenvalue weighted by atomic mass is 16.3. The summed E-state index contributed by atoms with van der Waals surface area (Å²) >= 11 is 0. The van der Waals surface area contributed by atoms with E-state index in [1.54, 1.807) is 0 Å². The molecule has 0 aromatic rings. The lowest BCUT2D eigenvalue weighted by Crippen LogP contribution is -2.52. The molecule has 0 spiro atoms. The first kappa shape index (κ1) is 10.4. The predicted octanol–water partition coefficient (Wildman–Crippen LogP) is 0.441. The van der Waals surface area contributed by atoms with Crippen molar-refractivity contribution in [3.8, 4) is 0 Å². The van der Waals surface area contributed by atoms with Crippen molar-refractivity contribution in [2.45, 2.75) is 38.3 Å². The van der Waals surface area contributed by atoms with Crippen molar-refractivity contribution in [1.29, 1.82) is 0 Å². The van der Waals surface area contributed by atoms with Crippen LogP contribution in [0.5, 0.6) is 0 Å². The lowest BCUT2D eigenvalue weighted by Gasteiger charge is -2.41. The molecule has 0 aromatic carbocycles. The Morgan fingerprint density at radius 1 is 1.36 bits per heavy atom. The van der Waals surface area contributed by atoms with Crippen molar-refractivity contribution in [2.24, 2.45) is 5.92 Å². The molecule has 3 nitrogen and oxygen atoms in total. The fourth-order valence-corrected chi connectivity index (χ4v) is 2.55. The molecule has 82 valence electrons. The maximum absolute atomic E-state index is 9.82. The summed E-state index contributed by atoms with van der Waals surface area (Å²) in [6.07, 6.45) is 3.63. The lowest BCUT2D eigenvalue weighted by atomic mass is 9.93. The number of rotatable bonds is 1. The Bertz CT molecular complexity index is 180. The van der Waals surface area contributed by atoms with E-state index >= 15 is 0 Å². The van der Waals surface area contributed by atoms with Gasteiger partial charge in [-0.25, -0.2) is 0 Å². The van der Waals surface area contributed by atoms with Crippen molar-refractivity contribution in [3.05, 3.63) is 0 Å². The van der Waals surface area contributed by atoms with Crippen LogP contribution in [0.1, 0.15) is 26.2 Å². The SMILES string of the molecule is CC1CCN(C2CCCNC2)CC1O. The first-order valence-electron chi connectivity index (χ1n) is 5.90. The fraction of sp³-hybridized carbons (Fsp3) is 1.00. The normalized spacial score (nSPS) is 41.1. The van der Waals surface area contributed by atoms with Gasteiger partial charge in [0.1, 0.15) is 0 Å². The number of hydrogen-bond donors (Lipinski definition) is 2. The summed E-state index contributed by atoms with van der Waals surface area (Å²) in [5, 5.41) is 13.3. The molecule has 3 heteroatoms. The number of aliphatic hydroxyl groups is 1. The second-order valence-electron chi connectivity index (χ2n) is 4.83. The lowest BCUT2D eigenvalue weighted by molar-refractivity contribution is 0.00545. The Kier molecular flexibility index (Phi) is 3.42. The van der Waals surface area contributed by atoms with E-state index < -0.39 is 0 Å². The standard InChI is InChI=1S/C11H22N2O/c1-9-4-6-13(8-11(9)14)10-3-2-5-12-7-10/h9-12,14H,2-8H2,1H3. The highest BCUT2D eigenvalue weighted by Crippen LogP contribution is 2.21. The molecular formula is C11H22N2O. The fourth-order valence-electron chi connectivity index (χ4n) is 2.55. The molecule has 2 heterocycles. The van der Waals surface area contributed by atoms with E-state index in [4.69, 9.17) is 0 Å². The van der Waals surface area contributed by atoms with Crippen LogP contribution < -0.4 is 5.32 Å². The van der Waals surface area contributed by atoms with Crippen LogP contribution in [0.3, 0.4) is 0 Å². The maximum atomic E-state index is 9.82. The summed E-state index contributed by atoms with van der Waals surface area (Å²) in [6.45, 7) is 6.49. The van der Waals surface area contributed by atoms with Crippen LogP contribution in [0.15, 0.2) is 0 Å². The summed E-state index contributed by atoms with van der Waals surface area (Å²) < 4.78 is 0. The molecule has 0 saturated carbocycles. The van der Waals surface area contributed by atoms with Crippen LogP contribution in [0.2, 0.25) is 0 Å². The second kappa shape index (κ2) is 4.60. The molecule has 0 radical (unpaired) electrons. The molecule has 2 rings (SSSR count). The van der Waals surface area contributed by atoms with Crippen molar-refractivity contribution >= 4 is 0 Å². The van der Waals surface area contributed by atoms with Crippen molar-refractivity contribution in [2.75, 3.05) is 26.2 Å². The third-order valence-electron chi connectivity index (χ3n) is 3.74. The average Bonchev–Trinajstić information content (AvgIpc) is 2.23. The Hall–Kier alpha value is -0.120. The second-order valence-corrected chi connectivity index (χ2v) is 4.83. The molecule has 0 aliphatic carbocycles. The van der Waals surface area contributed by atoms with Gasteiger partial charge in [-0.05, 0) is 38.3 Å². The Morgan fingerprint density at radius 3 is 2.86 bits per heavy atom. The molecule has 2 N–H and O–H groups in total. The molecular weight excluding hydrogens is 176 g/mol. The van der Waals surface area contributed by atoms with E-state index in [1.807, 2.05) is 0 Å². The summed E-state index contributed by atoms with van der Waals surface area (Å²) in [4.78, 5) is 2.47. The Balaban J connectivity index is 1.85. The van der Waals surface area contributed by atoms with Gasteiger partial charge in [-0.15, -0.1) is 0 Å². The van der Waals surface area contributed by atoms with Gasteiger partial charge in [0, 0.05) is 19.1 Å². The molecule has 2 saturated heterocycles. The van der Waals surface area contributed by atoms with E-state index in [9.17, 15) is 5.11 Å². The summed E-state index contributed by atoms with van der Waals surface area (Å²) in [5.74, 6) is 0.489. The Morgan fingerprint density at radius 2 is 2.21 bits per heavy atom. The predicted molar refractivity (Wildman–Crippen MR) is 57.3 cm³/mol. The molecule has 2 aliphatic rings. The van der Waals surface area contributed by atoms with E-state index in [2.05, 4.69) is 17.1 Å². The van der Waals surface area contributed by atoms with Gasteiger partial charge in [-0.3, -0.25) is 4.90 Å². The zero-order valence-corrected chi connectivity index (χ0v) is 9.08. The maximum Gasteiger partial charge on any atom is 0.0693 e. The van der Waals surface area contributed by atoms with Gasteiger partial charge in [0.25, 0.3) is 0 Å². The van der Waals surface area contributed by atoms with Crippen LogP contribution in [-0.4, -0.2) is 48.3 Å². The first-order chi connectivity index (χ1) is 6.77. The molecule has 0 bridgehead atoms. The third-order valence-corrected chi connectivity index (χ3v) is 3.74. The smallest absolute Gasteiger partial charge is 0.0693 e. The largest absolute Gasteiger partial charge is 0.392 e. The minimum absolute atomic E-state index is 0.106. The van der Waals surface area contributed by atoms with Crippen molar-refractivity contribution in [3.63, 3.8) is 0 Å². The number of aliphatic hydroxyl groups excluding tert-OH is 1. The topological polar surface area (TPSA) is 35.5 Å². The monoisotopic (exact) mass is 198 g/mol. The van der Waals surface area contributed by atoms with Gasteiger partial charge in [-0.1, -0.05) is 6.92 Å². The molecule has 0 amide bonds. The minimum Gasteiger partial charge on any atom is -0.392 e. The molecule has 0 aromatic heterocycles. The number of nitrogens with one attached hydrogen (secondary N) is 1. The van der Waals surface area contributed by atoms with E-state index in [0.717, 1.165) is 19.5 Å². The van der Waals surface area contributed by atoms with Crippen molar-refractivity contribution in [1.82, 2.24) is 10.2 Å². The van der Waals surface area contributed by atoms with Gasteiger partial charge in [0.05, 0.1) is 6.10 Å². The highest BCUT2D eigenvalue weighted by Gasteiger charge is 2.29. The quantitative estimate of drug-likeness (QED) is 0.642. The van der Waals surface area contributed by atoms with Gasteiger partial charge in [0.15, 0.2) is 0 Å². The minimum atomic E-state index is -0.106. The van der Waals surface area contributed by atoms with Crippen LogP contribution in [0.4, 0.5) is 0 Å². The number of likely N-dealkylation sites (tertiary alicyclic amines) is 1. The van der Waals surface area contributed by atoms with Crippen molar-refractivity contribution < 1.29 is 5.11 Å². The van der Waals surface area contributed by atoms with Gasteiger partial charge in [0.2, 0.25) is 0 Å². The summed E-state index contributed by atoms with van der Waals surface area (Å²) in [6, 6.07) is 0.672. The summed E-state index contributed by atoms with van der Waals surface area (Å²) in [7, 11) is 0. The van der Waals surface area contributed by atoms with Crippen LogP contribution in [0, 0.1) is 5.92 Å². The number of piperidine rings is 2. The number of β-amino-alcohol motifs (C(OH)–C–C–N with tert-alkyl or cyclic N) is 1. The van der Waals surface area contributed by atoms with Gasteiger partial charge in [-0.2, -0.15) is 0 Å². The molecule has 3 atom stereocenters. The van der Waals surface area contributed by atoms with E-state index in [0.29, 0.717) is 12.0 Å². The van der Waals surface area contributed by atoms with Crippen LogP contribution in [0.25, 0.3) is 0 Å². The van der Waals surface area contributed by atoms with Crippen LogP contribution in [-0.2, 0) is 0 Å². The Labute approximate surface area is 86.5 Å². The molecule has 3 unspecified atom stereocenters. The van der Waals surface area contributed by atoms with E-state index in [-0.39, 0.29) is 6.10 Å². The van der Waals surface area contributed by atoms with Crippen LogP contribution >= 0.6 is 0 Å². The number of hydrogen-bond acceptors (Lipinski definition) is 3.